The van der Waals surface area contributed by atoms with Crippen LogP contribution in [0.3, 0.4) is 0 Å². The molecule has 0 bridgehead atoms. The van der Waals surface area contributed by atoms with E-state index in [9.17, 15) is 0 Å². The maximum Gasteiger partial charge on any atom is 0.127 e. The Labute approximate surface area is 91.3 Å². The average Bonchev–Trinajstić information content (AvgIpc) is 2.45. The maximum absolute atomic E-state index is 6.13. The van der Waals surface area contributed by atoms with Crippen LogP contribution in [0, 0.1) is 0 Å². The standard InChI is InChI=1S/C11H19ClN2/c1-6-8(2)9-7-10(12)14(13-9)11(3,4)5/h7-8H,6H2,1-5H3. The molecule has 0 fully saturated rings. The van der Waals surface area contributed by atoms with Gasteiger partial charge in [-0.05, 0) is 33.3 Å². The molecule has 0 amide bonds. The van der Waals surface area contributed by atoms with Crippen LogP contribution in [0.2, 0.25) is 5.15 Å². The zero-order valence-corrected chi connectivity index (χ0v) is 10.4. The molecular weight excluding hydrogens is 196 g/mol. The maximum atomic E-state index is 6.13. The minimum atomic E-state index is -0.0389. The fourth-order valence-electron chi connectivity index (χ4n) is 1.30. The lowest BCUT2D eigenvalue weighted by Gasteiger charge is -2.20. The predicted octanol–water partition coefficient (Wildman–Crippen LogP) is 3.81. The molecule has 2 nitrogen and oxygen atoms in total. The van der Waals surface area contributed by atoms with Crippen LogP contribution in [0.5, 0.6) is 0 Å². The molecular formula is C11H19ClN2. The Bertz CT molecular complexity index is 310. The number of nitrogens with zero attached hydrogens (tertiary/aromatic N) is 2. The molecule has 1 heterocycles. The third-order valence-electron chi connectivity index (χ3n) is 2.44. The van der Waals surface area contributed by atoms with Gasteiger partial charge in [0.1, 0.15) is 5.15 Å². The third-order valence-corrected chi connectivity index (χ3v) is 2.71. The summed E-state index contributed by atoms with van der Waals surface area (Å²) in [7, 11) is 0. The van der Waals surface area contributed by atoms with Crippen molar-refractivity contribution >= 4 is 11.6 Å². The number of aromatic nitrogens is 2. The molecule has 0 N–H and O–H groups in total. The molecule has 3 heteroatoms. The van der Waals surface area contributed by atoms with Crippen LogP contribution in [0.4, 0.5) is 0 Å². The van der Waals surface area contributed by atoms with E-state index in [2.05, 4.69) is 39.7 Å². The molecule has 1 aromatic rings. The lowest BCUT2D eigenvalue weighted by atomic mass is 10.1. The normalized spacial score (nSPS) is 14.4. The van der Waals surface area contributed by atoms with Crippen LogP contribution in [0.15, 0.2) is 6.07 Å². The van der Waals surface area contributed by atoms with Gasteiger partial charge in [-0.1, -0.05) is 25.4 Å². The summed E-state index contributed by atoms with van der Waals surface area (Å²) >= 11 is 6.13. The Morgan fingerprint density at radius 2 is 2.07 bits per heavy atom. The summed E-state index contributed by atoms with van der Waals surface area (Å²) in [6, 6.07) is 1.97. The molecule has 1 unspecified atom stereocenters. The van der Waals surface area contributed by atoms with Crippen molar-refractivity contribution in [2.75, 3.05) is 0 Å². The van der Waals surface area contributed by atoms with Crippen molar-refractivity contribution in [1.82, 2.24) is 9.78 Å². The van der Waals surface area contributed by atoms with Gasteiger partial charge in [0, 0.05) is 5.92 Å². The highest BCUT2D eigenvalue weighted by atomic mass is 35.5. The van der Waals surface area contributed by atoms with Crippen LogP contribution in [-0.2, 0) is 5.54 Å². The molecule has 80 valence electrons. The monoisotopic (exact) mass is 214 g/mol. The quantitative estimate of drug-likeness (QED) is 0.732. The Morgan fingerprint density at radius 3 is 2.43 bits per heavy atom. The third kappa shape index (κ3) is 2.30. The van der Waals surface area contributed by atoms with Gasteiger partial charge < -0.3 is 0 Å². The summed E-state index contributed by atoms with van der Waals surface area (Å²) in [4.78, 5) is 0. The molecule has 1 rings (SSSR count). The van der Waals surface area contributed by atoms with Crippen LogP contribution in [0.25, 0.3) is 0 Å². The van der Waals surface area contributed by atoms with Crippen molar-refractivity contribution in [3.8, 4) is 0 Å². The second kappa shape index (κ2) is 3.93. The molecule has 0 aromatic carbocycles. The Balaban J connectivity index is 3.05. The van der Waals surface area contributed by atoms with E-state index in [1.807, 2.05) is 10.7 Å². The first-order valence-electron chi connectivity index (χ1n) is 5.12. The summed E-state index contributed by atoms with van der Waals surface area (Å²) in [5.74, 6) is 0.482. The highest BCUT2D eigenvalue weighted by molar-refractivity contribution is 6.29. The second-order valence-corrected chi connectivity index (χ2v) is 5.17. The van der Waals surface area contributed by atoms with E-state index in [0.717, 1.165) is 17.3 Å². The van der Waals surface area contributed by atoms with E-state index in [1.54, 1.807) is 0 Å². The largest absolute Gasteiger partial charge is 0.248 e. The Kier molecular flexibility index (Phi) is 3.25. The van der Waals surface area contributed by atoms with E-state index >= 15 is 0 Å². The first-order valence-corrected chi connectivity index (χ1v) is 5.50. The van der Waals surface area contributed by atoms with Gasteiger partial charge in [0.25, 0.3) is 0 Å². The molecule has 14 heavy (non-hydrogen) atoms. The van der Waals surface area contributed by atoms with Crippen LogP contribution < -0.4 is 0 Å². The molecule has 0 aliphatic carbocycles. The van der Waals surface area contributed by atoms with Gasteiger partial charge >= 0.3 is 0 Å². The van der Waals surface area contributed by atoms with E-state index in [4.69, 9.17) is 11.6 Å². The van der Waals surface area contributed by atoms with Crippen molar-refractivity contribution in [3.63, 3.8) is 0 Å². The minimum absolute atomic E-state index is 0.0389. The fourth-order valence-corrected chi connectivity index (χ4v) is 1.70. The van der Waals surface area contributed by atoms with Gasteiger partial charge in [0.15, 0.2) is 0 Å². The molecule has 0 aliphatic heterocycles. The number of rotatable bonds is 2. The van der Waals surface area contributed by atoms with Gasteiger partial charge in [-0.25, -0.2) is 4.68 Å². The summed E-state index contributed by atoms with van der Waals surface area (Å²) in [6.07, 6.45) is 1.09. The number of hydrogen-bond donors (Lipinski definition) is 0. The zero-order valence-electron chi connectivity index (χ0n) is 9.63. The first-order chi connectivity index (χ1) is 6.36. The summed E-state index contributed by atoms with van der Waals surface area (Å²) in [5.41, 5.74) is 1.05. The smallest absolute Gasteiger partial charge is 0.127 e. The molecule has 0 saturated heterocycles. The average molecular weight is 215 g/mol. The van der Waals surface area contributed by atoms with E-state index in [1.165, 1.54) is 0 Å². The van der Waals surface area contributed by atoms with Gasteiger partial charge in [-0.2, -0.15) is 5.10 Å². The van der Waals surface area contributed by atoms with Crippen molar-refractivity contribution < 1.29 is 0 Å². The second-order valence-electron chi connectivity index (χ2n) is 4.78. The topological polar surface area (TPSA) is 17.8 Å². The van der Waals surface area contributed by atoms with E-state index in [-0.39, 0.29) is 5.54 Å². The molecule has 0 saturated carbocycles. The van der Waals surface area contributed by atoms with Crippen LogP contribution in [0.1, 0.15) is 52.7 Å². The van der Waals surface area contributed by atoms with Crippen molar-refractivity contribution in [3.05, 3.63) is 16.9 Å². The van der Waals surface area contributed by atoms with Crippen molar-refractivity contribution in [1.29, 1.82) is 0 Å². The molecule has 0 spiro atoms. The summed E-state index contributed by atoms with van der Waals surface area (Å²) in [5, 5.41) is 5.27. The Hall–Kier alpha value is -0.500. The Morgan fingerprint density at radius 1 is 1.50 bits per heavy atom. The van der Waals surface area contributed by atoms with Crippen LogP contribution in [-0.4, -0.2) is 9.78 Å². The van der Waals surface area contributed by atoms with Gasteiger partial charge in [-0.3, -0.25) is 0 Å². The van der Waals surface area contributed by atoms with Crippen molar-refractivity contribution in [2.45, 2.75) is 52.5 Å². The van der Waals surface area contributed by atoms with Gasteiger partial charge in [0.2, 0.25) is 0 Å². The van der Waals surface area contributed by atoms with E-state index in [0.29, 0.717) is 5.92 Å². The van der Waals surface area contributed by atoms with Crippen LogP contribution >= 0.6 is 11.6 Å². The summed E-state index contributed by atoms with van der Waals surface area (Å²) < 4.78 is 1.88. The predicted molar refractivity (Wildman–Crippen MR) is 60.9 cm³/mol. The summed E-state index contributed by atoms with van der Waals surface area (Å²) in [6.45, 7) is 10.6. The lowest BCUT2D eigenvalue weighted by molar-refractivity contribution is 0.352. The van der Waals surface area contributed by atoms with E-state index < -0.39 is 0 Å². The number of halogens is 1. The lowest BCUT2D eigenvalue weighted by Crippen LogP contribution is -2.23. The molecule has 0 radical (unpaired) electrons. The van der Waals surface area contributed by atoms with Crippen molar-refractivity contribution in [2.24, 2.45) is 0 Å². The highest BCUT2D eigenvalue weighted by Gasteiger charge is 2.19. The minimum Gasteiger partial charge on any atom is -0.248 e. The fraction of sp³-hybridized carbons (Fsp3) is 0.727. The SMILES string of the molecule is CCC(C)c1cc(Cl)n(C(C)(C)C)n1. The van der Waals surface area contributed by atoms with Gasteiger partial charge in [-0.15, -0.1) is 0 Å². The zero-order chi connectivity index (χ0) is 10.9. The highest BCUT2D eigenvalue weighted by Crippen LogP contribution is 2.25. The molecule has 1 aromatic heterocycles. The molecule has 1 atom stereocenters. The molecule has 0 aliphatic rings. The number of hydrogen-bond acceptors (Lipinski definition) is 1. The van der Waals surface area contributed by atoms with Gasteiger partial charge in [0.05, 0.1) is 11.2 Å². The first kappa shape index (κ1) is 11.6.